The van der Waals surface area contributed by atoms with Gasteiger partial charge in [-0.15, -0.1) is 11.3 Å². The lowest BCUT2D eigenvalue weighted by Gasteiger charge is -2.09. The summed E-state index contributed by atoms with van der Waals surface area (Å²) in [7, 11) is 0. The van der Waals surface area contributed by atoms with Crippen LogP contribution in [0.25, 0.3) is 11.0 Å². The quantitative estimate of drug-likeness (QED) is 0.632. The largest absolute Gasteiger partial charge is 0.323 e. The molecule has 0 saturated carbocycles. The molecule has 0 aliphatic heterocycles. The molecule has 2 aromatic heterocycles. The van der Waals surface area contributed by atoms with E-state index in [-0.39, 0.29) is 0 Å². The van der Waals surface area contributed by atoms with Gasteiger partial charge in [0, 0.05) is 10.8 Å². The van der Waals surface area contributed by atoms with Crippen LogP contribution in [0, 0.1) is 0 Å². The molecular formula is C10H10N2S. The highest BCUT2D eigenvalue weighted by atomic mass is 32.1. The zero-order chi connectivity index (χ0) is 8.67. The lowest BCUT2D eigenvalue weighted by molar-refractivity contribution is 0.606. The Morgan fingerprint density at radius 2 is 2.46 bits per heavy atom. The highest BCUT2D eigenvalue weighted by Crippen LogP contribution is 2.27. The van der Waals surface area contributed by atoms with Crippen LogP contribution in [0.5, 0.6) is 0 Å². The molecule has 2 heterocycles. The lowest BCUT2D eigenvalue weighted by atomic mass is 10.2. The second-order valence-electron chi connectivity index (χ2n) is 3.37. The molecule has 0 bridgehead atoms. The first-order chi connectivity index (χ1) is 6.45. The Labute approximate surface area is 80.5 Å². The average Bonchev–Trinajstić information content (AvgIpc) is 2.79. The number of allylic oxidation sites excluding steroid dienone is 2. The maximum absolute atomic E-state index is 4.36. The normalized spacial score (nSPS) is 21.7. The van der Waals surface area contributed by atoms with Crippen molar-refractivity contribution in [3.8, 4) is 0 Å². The van der Waals surface area contributed by atoms with Crippen molar-refractivity contribution in [3.05, 3.63) is 29.2 Å². The lowest BCUT2D eigenvalue weighted by Crippen LogP contribution is -2.00. The van der Waals surface area contributed by atoms with Crippen LogP contribution in [-0.4, -0.2) is 9.55 Å². The Hall–Kier alpha value is -1.09. The molecule has 2 nitrogen and oxygen atoms in total. The summed E-state index contributed by atoms with van der Waals surface area (Å²) >= 11 is 1.73. The maximum atomic E-state index is 4.36. The fraction of sp³-hybridized carbons (Fsp3) is 0.300. The summed E-state index contributed by atoms with van der Waals surface area (Å²) in [5.41, 5.74) is 2.41. The Bertz CT molecular complexity index is 452. The standard InChI is InChI=1S/C10H10N2S/c1-2-4-8(3-1)12-7-11-9-5-13-6-10(9)12/h1,3,5-8H,2,4H2. The van der Waals surface area contributed by atoms with Crippen LogP contribution < -0.4 is 0 Å². The second kappa shape index (κ2) is 2.70. The second-order valence-corrected chi connectivity index (χ2v) is 4.11. The molecule has 1 aliphatic rings. The third-order valence-corrected chi connectivity index (χ3v) is 3.28. The molecule has 3 rings (SSSR count). The van der Waals surface area contributed by atoms with E-state index in [9.17, 15) is 0 Å². The molecule has 1 unspecified atom stereocenters. The Morgan fingerprint density at radius 1 is 1.46 bits per heavy atom. The minimum atomic E-state index is 0.541. The van der Waals surface area contributed by atoms with Gasteiger partial charge in [0.15, 0.2) is 0 Å². The summed E-state index contributed by atoms with van der Waals surface area (Å²) in [4.78, 5) is 4.36. The number of imidazole rings is 1. The van der Waals surface area contributed by atoms with E-state index in [1.54, 1.807) is 11.3 Å². The first-order valence-corrected chi connectivity index (χ1v) is 5.45. The molecule has 0 spiro atoms. The van der Waals surface area contributed by atoms with Crippen molar-refractivity contribution < 1.29 is 0 Å². The molecule has 13 heavy (non-hydrogen) atoms. The molecular weight excluding hydrogens is 180 g/mol. The van der Waals surface area contributed by atoms with E-state index >= 15 is 0 Å². The number of aromatic nitrogens is 2. The maximum Gasteiger partial charge on any atom is 0.0992 e. The number of rotatable bonds is 1. The molecule has 0 amide bonds. The van der Waals surface area contributed by atoms with E-state index in [4.69, 9.17) is 0 Å². The van der Waals surface area contributed by atoms with Gasteiger partial charge >= 0.3 is 0 Å². The third-order valence-electron chi connectivity index (χ3n) is 2.57. The summed E-state index contributed by atoms with van der Waals surface area (Å²) in [6, 6.07) is 0.541. The predicted octanol–water partition coefficient (Wildman–Crippen LogP) is 2.99. The number of thiophene rings is 1. The van der Waals surface area contributed by atoms with Crippen LogP contribution in [0.15, 0.2) is 29.2 Å². The van der Waals surface area contributed by atoms with Crippen molar-refractivity contribution in [2.24, 2.45) is 0 Å². The summed E-state index contributed by atoms with van der Waals surface area (Å²) in [5.74, 6) is 0. The number of hydrogen-bond acceptors (Lipinski definition) is 2. The van der Waals surface area contributed by atoms with Crippen LogP contribution >= 0.6 is 11.3 Å². The topological polar surface area (TPSA) is 17.8 Å². The van der Waals surface area contributed by atoms with Gasteiger partial charge in [-0.05, 0) is 12.8 Å². The molecule has 0 radical (unpaired) electrons. The minimum absolute atomic E-state index is 0.541. The fourth-order valence-corrected chi connectivity index (χ4v) is 2.62. The van der Waals surface area contributed by atoms with Gasteiger partial charge in [-0.3, -0.25) is 0 Å². The van der Waals surface area contributed by atoms with Crippen molar-refractivity contribution >= 4 is 22.4 Å². The SMILES string of the molecule is C1=CC(n2cnc3cscc32)CC1. The van der Waals surface area contributed by atoms with Gasteiger partial charge < -0.3 is 4.57 Å². The van der Waals surface area contributed by atoms with Crippen molar-refractivity contribution in [2.75, 3.05) is 0 Å². The summed E-state index contributed by atoms with van der Waals surface area (Å²) in [6.07, 6.45) is 8.91. The van der Waals surface area contributed by atoms with E-state index in [1.807, 2.05) is 6.33 Å². The first kappa shape index (κ1) is 7.33. The van der Waals surface area contributed by atoms with Crippen molar-refractivity contribution in [1.29, 1.82) is 0 Å². The van der Waals surface area contributed by atoms with E-state index in [0.717, 1.165) is 5.52 Å². The number of fused-ring (bicyclic) bond motifs is 1. The molecule has 1 atom stereocenters. The fourth-order valence-electron chi connectivity index (χ4n) is 1.87. The van der Waals surface area contributed by atoms with Crippen molar-refractivity contribution in [2.45, 2.75) is 18.9 Å². The Kier molecular flexibility index (Phi) is 1.52. The van der Waals surface area contributed by atoms with Crippen molar-refractivity contribution in [1.82, 2.24) is 9.55 Å². The molecule has 3 heteroatoms. The monoisotopic (exact) mass is 190 g/mol. The summed E-state index contributed by atoms with van der Waals surface area (Å²) < 4.78 is 2.27. The molecule has 2 aromatic rings. The Morgan fingerprint density at radius 3 is 3.31 bits per heavy atom. The summed E-state index contributed by atoms with van der Waals surface area (Å²) in [5, 5.41) is 4.28. The van der Waals surface area contributed by atoms with Crippen molar-refractivity contribution in [3.63, 3.8) is 0 Å². The van der Waals surface area contributed by atoms with Crippen LogP contribution in [0.3, 0.4) is 0 Å². The van der Waals surface area contributed by atoms with E-state index < -0.39 is 0 Å². The molecule has 0 fully saturated rings. The smallest absolute Gasteiger partial charge is 0.0992 e. The molecule has 0 aromatic carbocycles. The Balaban J connectivity index is 2.15. The van der Waals surface area contributed by atoms with Gasteiger partial charge in [-0.1, -0.05) is 12.2 Å². The van der Waals surface area contributed by atoms with Gasteiger partial charge in [0.1, 0.15) is 0 Å². The van der Waals surface area contributed by atoms with Gasteiger partial charge in [0.2, 0.25) is 0 Å². The number of nitrogens with zero attached hydrogens (tertiary/aromatic N) is 2. The zero-order valence-electron chi connectivity index (χ0n) is 7.18. The van der Waals surface area contributed by atoms with Crippen LogP contribution in [-0.2, 0) is 0 Å². The summed E-state index contributed by atoms with van der Waals surface area (Å²) in [6.45, 7) is 0. The molecule has 0 saturated heterocycles. The first-order valence-electron chi connectivity index (χ1n) is 4.50. The van der Waals surface area contributed by atoms with Gasteiger partial charge in [-0.25, -0.2) is 4.98 Å². The average molecular weight is 190 g/mol. The molecule has 1 aliphatic carbocycles. The highest BCUT2D eigenvalue weighted by Gasteiger charge is 2.13. The molecule has 66 valence electrons. The van der Waals surface area contributed by atoms with Crippen LogP contribution in [0.1, 0.15) is 18.9 Å². The van der Waals surface area contributed by atoms with Crippen LogP contribution in [0.2, 0.25) is 0 Å². The van der Waals surface area contributed by atoms with E-state index in [0.29, 0.717) is 6.04 Å². The van der Waals surface area contributed by atoms with Gasteiger partial charge in [-0.2, -0.15) is 0 Å². The highest BCUT2D eigenvalue weighted by molar-refractivity contribution is 7.09. The predicted molar refractivity (Wildman–Crippen MR) is 55.0 cm³/mol. The number of hydrogen-bond donors (Lipinski definition) is 0. The van der Waals surface area contributed by atoms with E-state index in [2.05, 4.69) is 32.5 Å². The van der Waals surface area contributed by atoms with Gasteiger partial charge in [0.05, 0.1) is 23.4 Å². The zero-order valence-corrected chi connectivity index (χ0v) is 8.00. The minimum Gasteiger partial charge on any atom is -0.323 e. The van der Waals surface area contributed by atoms with Gasteiger partial charge in [0.25, 0.3) is 0 Å². The molecule has 0 N–H and O–H groups in total. The van der Waals surface area contributed by atoms with Crippen LogP contribution in [0.4, 0.5) is 0 Å². The third kappa shape index (κ3) is 1.04. The van der Waals surface area contributed by atoms with E-state index in [1.165, 1.54) is 18.4 Å².